The lowest BCUT2D eigenvalue weighted by molar-refractivity contribution is 0.101. The number of piperazine rings is 1. The molecule has 1 N–H and O–H groups in total. The summed E-state index contributed by atoms with van der Waals surface area (Å²) in [5, 5.41) is 10.4. The molecule has 32 heavy (non-hydrogen) atoms. The van der Waals surface area contributed by atoms with Crippen molar-refractivity contribution in [2.45, 2.75) is 39.5 Å². The quantitative estimate of drug-likeness (QED) is 0.364. The van der Waals surface area contributed by atoms with Crippen LogP contribution in [0.3, 0.4) is 0 Å². The monoisotopic (exact) mass is 482 g/mol. The SMILES string of the molecule is CCCc1c(OCCCCN2CCN(c3ccccc3)CC2)ccc(C(C)=O)c1O.Cl.Cl. The zero-order valence-corrected chi connectivity index (χ0v) is 20.7. The number of ether oxygens (including phenoxy) is 1. The molecule has 1 saturated heterocycles. The van der Waals surface area contributed by atoms with E-state index in [9.17, 15) is 9.90 Å². The molecule has 1 aliphatic heterocycles. The predicted octanol–water partition coefficient (Wildman–Crippen LogP) is 5.37. The van der Waals surface area contributed by atoms with Gasteiger partial charge in [-0.15, -0.1) is 24.8 Å². The number of anilines is 1. The second kappa shape index (κ2) is 14.2. The Morgan fingerprint density at radius 2 is 1.69 bits per heavy atom. The number of benzene rings is 2. The first-order valence-corrected chi connectivity index (χ1v) is 11.1. The summed E-state index contributed by atoms with van der Waals surface area (Å²) in [6, 6.07) is 14.1. The fraction of sp³-hybridized carbons (Fsp3) is 0.480. The highest BCUT2D eigenvalue weighted by Gasteiger charge is 2.17. The minimum Gasteiger partial charge on any atom is -0.507 e. The molecule has 0 aromatic heterocycles. The lowest BCUT2D eigenvalue weighted by Crippen LogP contribution is -2.46. The number of carbonyl (C=O) groups excluding carboxylic acids is 1. The van der Waals surface area contributed by atoms with Gasteiger partial charge in [0.2, 0.25) is 0 Å². The van der Waals surface area contributed by atoms with Crippen molar-refractivity contribution in [1.29, 1.82) is 0 Å². The molecule has 0 radical (unpaired) electrons. The molecule has 0 bridgehead atoms. The Morgan fingerprint density at radius 1 is 1.00 bits per heavy atom. The highest BCUT2D eigenvalue weighted by Crippen LogP contribution is 2.33. The number of hydrogen-bond donors (Lipinski definition) is 1. The van der Waals surface area contributed by atoms with Crippen LogP contribution in [0.2, 0.25) is 0 Å². The Kier molecular flexibility index (Phi) is 12.5. The predicted molar refractivity (Wildman–Crippen MR) is 136 cm³/mol. The van der Waals surface area contributed by atoms with Gasteiger partial charge < -0.3 is 14.7 Å². The van der Waals surface area contributed by atoms with E-state index >= 15 is 0 Å². The largest absolute Gasteiger partial charge is 0.507 e. The number of aromatic hydroxyl groups is 1. The summed E-state index contributed by atoms with van der Waals surface area (Å²) in [7, 11) is 0. The average Bonchev–Trinajstić information content (AvgIpc) is 2.76. The van der Waals surface area contributed by atoms with Gasteiger partial charge in [-0.1, -0.05) is 31.5 Å². The van der Waals surface area contributed by atoms with Crippen molar-refractivity contribution in [1.82, 2.24) is 4.90 Å². The van der Waals surface area contributed by atoms with Crippen LogP contribution < -0.4 is 9.64 Å². The molecule has 1 heterocycles. The molecule has 0 amide bonds. The van der Waals surface area contributed by atoms with Gasteiger partial charge in [0.05, 0.1) is 12.2 Å². The number of unbranched alkanes of at least 4 members (excludes halogenated alkanes) is 1. The summed E-state index contributed by atoms with van der Waals surface area (Å²) in [5.74, 6) is 0.665. The van der Waals surface area contributed by atoms with Crippen molar-refractivity contribution in [3.63, 3.8) is 0 Å². The standard InChI is InChI=1S/C25H34N2O3.2ClH/c1-3-9-23-24(13-12-22(20(2)28)25(23)29)30-19-8-7-14-26-15-17-27(18-16-26)21-10-5-4-6-11-21;;/h4-6,10-13,29H,3,7-9,14-19H2,1-2H3;2*1H. The molecule has 2 aromatic rings. The summed E-state index contributed by atoms with van der Waals surface area (Å²) < 4.78 is 5.97. The number of nitrogens with zero attached hydrogens (tertiary/aromatic N) is 2. The number of para-hydroxylation sites is 1. The van der Waals surface area contributed by atoms with Crippen molar-refractivity contribution < 1.29 is 14.6 Å². The van der Waals surface area contributed by atoms with Crippen molar-refractivity contribution in [2.24, 2.45) is 0 Å². The highest BCUT2D eigenvalue weighted by atomic mass is 35.5. The van der Waals surface area contributed by atoms with Crippen LogP contribution in [0, 0.1) is 0 Å². The molecule has 178 valence electrons. The summed E-state index contributed by atoms with van der Waals surface area (Å²) in [5.41, 5.74) is 2.44. The number of Topliss-reactive ketones (excluding diaryl/α,β-unsaturated/α-hetero) is 1. The smallest absolute Gasteiger partial charge is 0.163 e. The Morgan fingerprint density at radius 3 is 2.31 bits per heavy atom. The Balaban J connectivity index is 0.00000256. The van der Waals surface area contributed by atoms with E-state index in [2.05, 4.69) is 47.1 Å². The van der Waals surface area contributed by atoms with Gasteiger partial charge >= 0.3 is 0 Å². The van der Waals surface area contributed by atoms with E-state index in [4.69, 9.17) is 4.74 Å². The molecule has 5 nitrogen and oxygen atoms in total. The number of carbonyl (C=O) groups is 1. The molecule has 3 rings (SSSR count). The minimum absolute atomic E-state index is 0. The van der Waals surface area contributed by atoms with Gasteiger partial charge in [-0.05, 0) is 57.0 Å². The second-order valence-electron chi connectivity index (χ2n) is 7.96. The molecule has 1 fully saturated rings. The molecule has 0 spiro atoms. The molecular weight excluding hydrogens is 447 g/mol. The van der Waals surface area contributed by atoms with E-state index in [0.29, 0.717) is 24.3 Å². The summed E-state index contributed by atoms with van der Waals surface area (Å²) >= 11 is 0. The van der Waals surface area contributed by atoms with Gasteiger partial charge in [-0.3, -0.25) is 9.69 Å². The summed E-state index contributed by atoms with van der Waals surface area (Å²) in [6.45, 7) is 9.58. The minimum atomic E-state index is -0.122. The van der Waals surface area contributed by atoms with Crippen LogP contribution in [-0.2, 0) is 6.42 Å². The number of phenolic OH excluding ortho intramolecular Hbond substituents is 1. The van der Waals surface area contributed by atoms with Gasteiger partial charge in [0.15, 0.2) is 5.78 Å². The van der Waals surface area contributed by atoms with Gasteiger partial charge in [-0.25, -0.2) is 0 Å². The fourth-order valence-electron chi connectivity index (χ4n) is 4.02. The molecular formula is C25H36Cl2N2O3. The van der Waals surface area contributed by atoms with Crippen molar-refractivity contribution in [3.05, 3.63) is 53.6 Å². The van der Waals surface area contributed by atoms with Gasteiger partial charge in [-0.2, -0.15) is 0 Å². The van der Waals surface area contributed by atoms with E-state index < -0.39 is 0 Å². The third-order valence-corrected chi connectivity index (χ3v) is 5.74. The van der Waals surface area contributed by atoms with Crippen LogP contribution in [0.1, 0.15) is 49.0 Å². The van der Waals surface area contributed by atoms with E-state index in [-0.39, 0.29) is 36.3 Å². The Hall–Kier alpha value is -1.95. The van der Waals surface area contributed by atoms with Crippen LogP contribution in [0.5, 0.6) is 11.5 Å². The topological polar surface area (TPSA) is 53.0 Å². The van der Waals surface area contributed by atoms with E-state index in [1.165, 1.54) is 12.6 Å². The van der Waals surface area contributed by atoms with Gasteiger partial charge in [0.1, 0.15) is 11.5 Å². The van der Waals surface area contributed by atoms with Crippen LogP contribution in [-0.4, -0.2) is 55.1 Å². The van der Waals surface area contributed by atoms with Crippen LogP contribution >= 0.6 is 24.8 Å². The van der Waals surface area contributed by atoms with Gasteiger partial charge in [0.25, 0.3) is 0 Å². The maximum Gasteiger partial charge on any atom is 0.163 e. The van der Waals surface area contributed by atoms with Crippen LogP contribution in [0.25, 0.3) is 0 Å². The molecule has 0 atom stereocenters. The van der Waals surface area contributed by atoms with E-state index in [1.54, 1.807) is 6.07 Å². The van der Waals surface area contributed by atoms with Crippen molar-refractivity contribution >= 4 is 36.3 Å². The third-order valence-electron chi connectivity index (χ3n) is 5.74. The summed E-state index contributed by atoms with van der Waals surface area (Å²) in [4.78, 5) is 16.6. The molecule has 0 unspecified atom stereocenters. The average molecular weight is 483 g/mol. The van der Waals surface area contributed by atoms with Gasteiger partial charge in [0, 0.05) is 37.4 Å². The molecule has 0 saturated carbocycles. The highest BCUT2D eigenvalue weighted by molar-refractivity contribution is 5.97. The fourth-order valence-corrected chi connectivity index (χ4v) is 4.02. The van der Waals surface area contributed by atoms with E-state index in [1.807, 2.05) is 6.07 Å². The van der Waals surface area contributed by atoms with Crippen molar-refractivity contribution in [2.75, 3.05) is 44.2 Å². The van der Waals surface area contributed by atoms with Crippen LogP contribution in [0.4, 0.5) is 5.69 Å². The lowest BCUT2D eigenvalue weighted by Gasteiger charge is -2.36. The number of phenols is 1. The first-order chi connectivity index (χ1) is 14.6. The summed E-state index contributed by atoms with van der Waals surface area (Å²) in [6.07, 6.45) is 3.65. The first kappa shape index (κ1) is 28.1. The zero-order valence-electron chi connectivity index (χ0n) is 19.1. The zero-order chi connectivity index (χ0) is 21.3. The third kappa shape index (κ3) is 7.58. The molecule has 0 aliphatic carbocycles. The maximum absolute atomic E-state index is 11.7. The first-order valence-electron chi connectivity index (χ1n) is 11.1. The number of halogens is 2. The number of hydrogen-bond acceptors (Lipinski definition) is 5. The number of ketones is 1. The maximum atomic E-state index is 11.7. The normalized spacial score (nSPS) is 13.8. The van der Waals surface area contributed by atoms with Crippen molar-refractivity contribution in [3.8, 4) is 11.5 Å². The second-order valence-corrected chi connectivity index (χ2v) is 7.96. The van der Waals surface area contributed by atoms with Crippen LogP contribution in [0.15, 0.2) is 42.5 Å². The number of rotatable bonds is 10. The lowest BCUT2D eigenvalue weighted by atomic mass is 10.0. The molecule has 1 aliphatic rings. The molecule has 7 heteroatoms. The van der Waals surface area contributed by atoms with E-state index in [0.717, 1.165) is 57.5 Å². The molecule has 2 aromatic carbocycles. The Labute approximate surface area is 204 Å². The Bertz CT molecular complexity index is 825.